The highest BCUT2D eigenvalue weighted by atomic mass is 32.2. The standard InChI is InChI=1S/C7H8N4S2/c1-12-6-5-7(10-3-9-6)13-2-4(8)11-5/h3H,2H2,1H3,(H2,8,11). The van der Waals surface area contributed by atoms with E-state index in [0.717, 1.165) is 21.5 Å². The zero-order valence-corrected chi connectivity index (χ0v) is 8.65. The quantitative estimate of drug-likeness (QED) is 0.561. The molecule has 1 aromatic rings. The Morgan fingerprint density at radius 2 is 2.38 bits per heavy atom. The van der Waals surface area contributed by atoms with Gasteiger partial charge >= 0.3 is 0 Å². The molecule has 0 unspecified atom stereocenters. The second kappa shape index (κ2) is 3.55. The maximum Gasteiger partial charge on any atom is 0.130 e. The zero-order valence-electron chi connectivity index (χ0n) is 7.02. The summed E-state index contributed by atoms with van der Waals surface area (Å²) in [6.07, 6.45) is 3.53. The molecule has 0 spiro atoms. The second-order valence-electron chi connectivity index (χ2n) is 2.43. The molecule has 6 heteroatoms. The maximum absolute atomic E-state index is 5.64. The van der Waals surface area contributed by atoms with Crippen LogP contribution in [0.1, 0.15) is 0 Å². The van der Waals surface area contributed by atoms with Gasteiger partial charge in [0.1, 0.15) is 27.9 Å². The normalized spacial score (nSPS) is 15.0. The lowest BCUT2D eigenvalue weighted by molar-refractivity contribution is 0.957. The van der Waals surface area contributed by atoms with Gasteiger partial charge in [-0.15, -0.1) is 11.8 Å². The largest absolute Gasteiger partial charge is 0.386 e. The van der Waals surface area contributed by atoms with Gasteiger partial charge in [0, 0.05) is 0 Å². The number of nitrogens with zero attached hydrogens (tertiary/aromatic N) is 3. The van der Waals surface area contributed by atoms with E-state index in [0.29, 0.717) is 5.84 Å². The van der Waals surface area contributed by atoms with Crippen LogP contribution < -0.4 is 5.73 Å². The van der Waals surface area contributed by atoms with Crippen LogP contribution in [0.15, 0.2) is 21.4 Å². The molecule has 1 aliphatic rings. The number of fused-ring (bicyclic) bond motifs is 1. The lowest BCUT2D eigenvalue weighted by Crippen LogP contribution is -2.17. The summed E-state index contributed by atoms with van der Waals surface area (Å²) in [5, 5.41) is 1.81. The number of aromatic nitrogens is 2. The van der Waals surface area contributed by atoms with E-state index in [-0.39, 0.29) is 0 Å². The fourth-order valence-electron chi connectivity index (χ4n) is 1.02. The molecule has 0 radical (unpaired) electrons. The summed E-state index contributed by atoms with van der Waals surface area (Å²) in [7, 11) is 0. The molecule has 68 valence electrons. The Bertz CT molecular complexity index is 364. The summed E-state index contributed by atoms with van der Waals surface area (Å²) < 4.78 is 0. The average molecular weight is 212 g/mol. The van der Waals surface area contributed by atoms with Crippen LogP contribution in [0.25, 0.3) is 0 Å². The number of amidine groups is 1. The lowest BCUT2D eigenvalue weighted by atomic mass is 10.5. The van der Waals surface area contributed by atoms with E-state index < -0.39 is 0 Å². The number of hydrogen-bond acceptors (Lipinski definition) is 6. The molecule has 0 fully saturated rings. The van der Waals surface area contributed by atoms with Crippen LogP contribution in [0.4, 0.5) is 5.69 Å². The highest BCUT2D eigenvalue weighted by molar-refractivity contribution is 8.00. The van der Waals surface area contributed by atoms with Crippen LogP contribution in [0.2, 0.25) is 0 Å². The first kappa shape index (κ1) is 8.83. The van der Waals surface area contributed by atoms with Crippen LogP contribution in [0.5, 0.6) is 0 Å². The van der Waals surface area contributed by atoms with Crippen LogP contribution in [0.3, 0.4) is 0 Å². The van der Waals surface area contributed by atoms with Crippen molar-refractivity contribution in [3.05, 3.63) is 6.33 Å². The lowest BCUT2D eigenvalue weighted by Gasteiger charge is -2.12. The van der Waals surface area contributed by atoms with Crippen LogP contribution in [-0.4, -0.2) is 27.8 Å². The molecule has 1 aliphatic heterocycles. The molecule has 0 aromatic carbocycles. The van der Waals surface area contributed by atoms with E-state index in [1.807, 2.05) is 6.26 Å². The first-order valence-corrected chi connectivity index (χ1v) is 5.87. The van der Waals surface area contributed by atoms with Crippen molar-refractivity contribution in [2.75, 3.05) is 12.0 Å². The van der Waals surface area contributed by atoms with Crippen LogP contribution >= 0.6 is 23.5 Å². The number of rotatable bonds is 1. The van der Waals surface area contributed by atoms with Crippen molar-refractivity contribution in [3.63, 3.8) is 0 Å². The van der Waals surface area contributed by atoms with Crippen molar-refractivity contribution in [3.8, 4) is 0 Å². The molecule has 2 heterocycles. The van der Waals surface area contributed by atoms with Gasteiger partial charge in [-0.3, -0.25) is 0 Å². The van der Waals surface area contributed by atoms with E-state index in [1.165, 1.54) is 0 Å². The second-order valence-corrected chi connectivity index (χ2v) is 4.19. The van der Waals surface area contributed by atoms with Crippen molar-refractivity contribution in [2.45, 2.75) is 10.1 Å². The van der Waals surface area contributed by atoms with Gasteiger partial charge in [-0.05, 0) is 6.26 Å². The number of thioether (sulfide) groups is 2. The van der Waals surface area contributed by atoms with Gasteiger partial charge in [0.05, 0.1) is 5.75 Å². The molecule has 0 saturated carbocycles. The Kier molecular flexibility index (Phi) is 2.41. The SMILES string of the molecule is CSc1ncnc2c1N=C(N)CS2. The van der Waals surface area contributed by atoms with Gasteiger partial charge in [0.25, 0.3) is 0 Å². The molecule has 1 aromatic heterocycles. The Labute approximate surface area is 84.4 Å². The summed E-state index contributed by atoms with van der Waals surface area (Å²) in [6.45, 7) is 0. The molecule has 4 nitrogen and oxygen atoms in total. The molecule has 0 saturated heterocycles. The fraction of sp³-hybridized carbons (Fsp3) is 0.286. The molecular weight excluding hydrogens is 204 g/mol. The van der Waals surface area contributed by atoms with Crippen molar-refractivity contribution in [1.82, 2.24) is 9.97 Å². The van der Waals surface area contributed by atoms with E-state index in [1.54, 1.807) is 29.9 Å². The van der Waals surface area contributed by atoms with Gasteiger partial charge < -0.3 is 5.73 Å². The topological polar surface area (TPSA) is 64.2 Å². The fourth-order valence-corrected chi connectivity index (χ4v) is 2.32. The van der Waals surface area contributed by atoms with Crippen molar-refractivity contribution in [1.29, 1.82) is 0 Å². The van der Waals surface area contributed by atoms with Gasteiger partial charge in [-0.25, -0.2) is 15.0 Å². The summed E-state index contributed by atoms with van der Waals surface area (Å²) in [6, 6.07) is 0. The van der Waals surface area contributed by atoms with E-state index in [4.69, 9.17) is 5.73 Å². The Morgan fingerprint density at radius 3 is 3.15 bits per heavy atom. The van der Waals surface area contributed by atoms with E-state index in [9.17, 15) is 0 Å². The van der Waals surface area contributed by atoms with Crippen molar-refractivity contribution < 1.29 is 0 Å². The maximum atomic E-state index is 5.64. The Morgan fingerprint density at radius 1 is 1.54 bits per heavy atom. The van der Waals surface area contributed by atoms with Gasteiger partial charge in [-0.2, -0.15) is 0 Å². The molecule has 0 bridgehead atoms. The average Bonchev–Trinajstić information content (AvgIpc) is 2.17. The smallest absolute Gasteiger partial charge is 0.130 e. The molecule has 0 amide bonds. The van der Waals surface area contributed by atoms with Gasteiger partial charge in [0.2, 0.25) is 0 Å². The highest BCUT2D eigenvalue weighted by Gasteiger charge is 2.15. The molecule has 2 rings (SSSR count). The summed E-state index contributed by atoms with van der Waals surface area (Å²) >= 11 is 3.16. The number of aliphatic imine (C=N–C) groups is 1. The molecular formula is C7H8N4S2. The molecule has 0 atom stereocenters. The van der Waals surface area contributed by atoms with Gasteiger partial charge in [0.15, 0.2) is 0 Å². The van der Waals surface area contributed by atoms with Crippen molar-refractivity contribution in [2.24, 2.45) is 10.7 Å². The summed E-state index contributed by atoms with van der Waals surface area (Å²) in [4.78, 5) is 12.5. The Hall–Kier alpha value is -0.750. The first-order chi connectivity index (χ1) is 6.31. The molecule has 0 aliphatic carbocycles. The summed E-state index contributed by atoms with van der Waals surface area (Å²) in [5.74, 6) is 1.36. The number of hydrogen-bond donors (Lipinski definition) is 1. The molecule has 2 N–H and O–H groups in total. The third kappa shape index (κ3) is 1.64. The van der Waals surface area contributed by atoms with Crippen LogP contribution in [0, 0.1) is 0 Å². The number of nitrogens with two attached hydrogens (primary N) is 1. The van der Waals surface area contributed by atoms with Gasteiger partial charge in [-0.1, -0.05) is 11.8 Å². The van der Waals surface area contributed by atoms with E-state index >= 15 is 0 Å². The Balaban J connectivity index is 2.55. The van der Waals surface area contributed by atoms with E-state index in [2.05, 4.69) is 15.0 Å². The zero-order chi connectivity index (χ0) is 9.26. The minimum absolute atomic E-state index is 0.641. The monoisotopic (exact) mass is 212 g/mol. The minimum Gasteiger partial charge on any atom is -0.386 e. The predicted molar refractivity (Wildman–Crippen MR) is 55.8 cm³/mol. The first-order valence-electron chi connectivity index (χ1n) is 3.66. The summed E-state index contributed by atoms with van der Waals surface area (Å²) in [5.41, 5.74) is 6.46. The highest BCUT2D eigenvalue weighted by Crippen LogP contribution is 2.36. The van der Waals surface area contributed by atoms with Crippen molar-refractivity contribution >= 4 is 35.0 Å². The predicted octanol–water partition coefficient (Wildman–Crippen LogP) is 1.29. The molecule has 13 heavy (non-hydrogen) atoms. The third-order valence-electron chi connectivity index (χ3n) is 1.56. The minimum atomic E-state index is 0.641. The third-order valence-corrected chi connectivity index (χ3v) is 3.26. The van der Waals surface area contributed by atoms with Crippen LogP contribution in [-0.2, 0) is 0 Å².